The molecule has 16 heteroatoms. The molecule has 2 aromatic carbocycles. The molecule has 0 saturated carbocycles. The largest absolute Gasteiger partial charge is 0.412 e. The minimum Gasteiger partial charge on any atom is -0.406 e. The number of nitrogens with one attached hydrogen (secondary N) is 4. The van der Waals surface area contributed by atoms with Gasteiger partial charge in [-0.3, -0.25) is 0 Å². The van der Waals surface area contributed by atoms with E-state index in [0.717, 1.165) is 11.1 Å². The Labute approximate surface area is 320 Å². The lowest BCUT2D eigenvalue weighted by atomic mass is 9.85. The maximum atomic E-state index is 12.7. The molecule has 0 unspecified atom stereocenters. The van der Waals surface area contributed by atoms with E-state index in [9.17, 15) is 19.2 Å². The molecule has 0 saturated heterocycles. The number of amides is 4. The van der Waals surface area contributed by atoms with E-state index < -0.39 is 24.4 Å². The van der Waals surface area contributed by atoms with E-state index >= 15 is 0 Å². The van der Waals surface area contributed by atoms with Crippen LogP contribution >= 0.6 is 0 Å². The number of benzene rings is 2. The molecular formula is C38H62N8O8. The van der Waals surface area contributed by atoms with Crippen LogP contribution in [-0.4, -0.2) is 153 Å². The third kappa shape index (κ3) is 18.9. The zero-order valence-electron chi connectivity index (χ0n) is 33.7. The van der Waals surface area contributed by atoms with Crippen molar-refractivity contribution < 1.29 is 38.1 Å². The summed E-state index contributed by atoms with van der Waals surface area (Å²) in [6.07, 6.45) is -1.37. The van der Waals surface area contributed by atoms with Crippen LogP contribution in [0.5, 0.6) is 23.0 Å². The van der Waals surface area contributed by atoms with Gasteiger partial charge in [0.15, 0.2) is 23.0 Å². The molecule has 0 aliphatic heterocycles. The van der Waals surface area contributed by atoms with Crippen molar-refractivity contribution in [2.24, 2.45) is 11.8 Å². The van der Waals surface area contributed by atoms with Crippen molar-refractivity contribution in [2.75, 3.05) is 109 Å². The smallest absolute Gasteiger partial charge is 0.406 e. The number of carbonyl (C=O) groups is 4. The molecule has 0 aliphatic rings. The molecule has 0 radical (unpaired) electrons. The lowest BCUT2D eigenvalue weighted by Gasteiger charge is -2.22. The first kappa shape index (κ1) is 45.5. The second kappa shape index (κ2) is 23.9. The van der Waals surface area contributed by atoms with E-state index in [1.807, 2.05) is 88.1 Å². The summed E-state index contributed by atoms with van der Waals surface area (Å²) in [5.41, 5.74) is 1.77. The molecule has 2 aromatic rings. The fourth-order valence-electron chi connectivity index (χ4n) is 4.90. The standard InChI is InChI=1S/C38H62N8O8/c1-27(23-29-11-13-31(51-35(47)39-15-19-43(3)4)33(25-29)53-37(49)41-17-21-45(7)8)28(2)24-30-12-14-32(52-36(48)40-16-20-44(5)6)34(26-30)54-38(50)42-18-22-46(9)10/h11-14,25-28H,15-24H2,1-10H3,(H,39,47)(H,40,48)(H,41,49)(H,42,50)/t27-,28+. The van der Waals surface area contributed by atoms with Crippen LogP contribution in [0.3, 0.4) is 0 Å². The molecule has 0 spiro atoms. The van der Waals surface area contributed by atoms with Crippen LogP contribution in [-0.2, 0) is 12.8 Å². The summed E-state index contributed by atoms with van der Waals surface area (Å²) in [5.74, 6) is 0.789. The molecule has 0 bridgehead atoms. The highest BCUT2D eigenvalue weighted by Gasteiger charge is 2.20. The van der Waals surface area contributed by atoms with E-state index in [1.54, 1.807) is 24.3 Å². The van der Waals surface area contributed by atoms with Gasteiger partial charge >= 0.3 is 24.4 Å². The number of ether oxygens (including phenoxy) is 4. The number of nitrogens with zero attached hydrogens (tertiary/aromatic N) is 4. The Balaban J connectivity index is 2.21. The first-order chi connectivity index (χ1) is 25.5. The fraction of sp³-hybridized carbons (Fsp3) is 0.579. The third-order valence-corrected chi connectivity index (χ3v) is 8.23. The predicted octanol–water partition coefficient (Wildman–Crippen LogP) is 3.34. The molecule has 2 atom stereocenters. The number of hydrogen-bond acceptors (Lipinski definition) is 12. The second-order valence-electron chi connectivity index (χ2n) is 14.4. The molecule has 0 aromatic heterocycles. The summed E-state index contributed by atoms with van der Waals surface area (Å²) in [7, 11) is 15.2. The lowest BCUT2D eigenvalue weighted by Crippen LogP contribution is -2.34. The third-order valence-electron chi connectivity index (χ3n) is 8.23. The van der Waals surface area contributed by atoms with Crippen LogP contribution < -0.4 is 40.2 Å². The summed E-state index contributed by atoms with van der Waals surface area (Å²) in [4.78, 5) is 58.1. The number of hydrogen-bond donors (Lipinski definition) is 4. The van der Waals surface area contributed by atoms with Gasteiger partial charge in [0.05, 0.1) is 0 Å². The Bertz CT molecular complexity index is 1380. The van der Waals surface area contributed by atoms with E-state index in [-0.39, 0.29) is 34.8 Å². The van der Waals surface area contributed by atoms with Crippen LogP contribution in [0.4, 0.5) is 19.2 Å². The molecule has 0 aliphatic carbocycles. The van der Waals surface area contributed by atoms with Crippen molar-refractivity contribution >= 4 is 24.4 Å². The van der Waals surface area contributed by atoms with Gasteiger partial charge in [0.1, 0.15) is 0 Å². The van der Waals surface area contributed by atoms with Crippen LogP contribution in [0.1, 0.15) is 25.0 Å². The van der Waals surface area contributed by atoms with E-state index in [4.69, 9.17) is 18.9 Å². The summed E-state index contributed by atoms with van der Waals surface area (Å²) < 4.78 is 22.3. The number of rotatable bonds is 21. The Hall–Kier alpha value is -4.64. The Morgan fingerprint density at radius 3 is 0.981 bits per heavy atom. The Kier molecular flexibility index (Phi) is 20.2. The number of likely N-dealkylation sites (N-methyl/N-ethyl adjacent to an activating group) is 4. The fourth-order valence-corrected chi connectivity index (χ4v) is 4.90. The van der Waals surface area contributed by atoms with Gasteiger partial charge < -0.3 is 59.8 Å². The van der Waals surface area contributed by atoms with Gasteiger partial charge in [-0.05, 0) is 116 Å². The molecular weight excluding hydrogens is 696 g/mol. The van der Waals surface area contributed by atoms with Crippen molar-refractivity contribution in [1.29, 1.82) is 0 Å². The quantitative estimate of drug-likeness (QED) is 0.147. The monoisotopic (exact) mass is 758 g/mol. The highest BCUT2D eigenvalue weighted by molar-refractivity contribution is 5.75. The van der Waals surface area contributed by atoms with Crippen molar-refractivity contribution in [3.63, 3.8) is 0 Å². The van der Waals surface area contributed by atoms with Crippen LogP contribution in [0.2, 0.25) is 0 Å². The van der Waals surface area contributed by atoms with E-state index in [0.29, 0.717) is 65.2 Å². The normalized spacial score (nSPS) is 12.3. The van der Waals surface area contributed by atoms with Crippen molar-refractivity contribution in [3.8, 4) is 23.0 Å². The molecule has 54 heavy (non-hydrogen) atoms. The summed E-state index contributed by atoms with van der Waals surface area (Å²) in [6, 6.07) is 10.4. The van der Waals surface area contributed by atoms with Gasteiger partial charge in [-0.2, -0.15) is 0 Å². The van der Waals surface area contributed by atoms with E-state index in [1.165, 1.54) is 0 Å². The minimum atomic E-state index is -0.656. The zero-order chi connectivity index (χ0) is 40.2. The van der Waals surface area contributed by atoms with Crippen LogP contribution in [0.15, 0.2) is 36.4 Å². The summed E-state index contributed by atoms with van der Waals surface area (Å²) in [5, 5.41) is 10.8. The minimum absolute atomic E-state index is 0.122. The van der Waals surface area contributed by atoms with Gasteiger partial charge in [-0.15, -0.1) is 0 Å². The predicted molar refractivity (Wildman–Crippen MR) is 209 cm³/mol. The van der Waals surface area contributed by atoms with E-state index in [2.05, 4.69) is 35.1 Å². The van der Waals surface area contributed by atoms with Crippen molar-refractivity contribution in [1.82, 2.24) is 40.9 Å². The van der Waals surface area contributed by atoms with Crippen molar-refractivity contribution in [2.45, 2.75) is 26.7 Å². The first-order valence-electron chi connectivity index (χ1n) is 18.2. The molecule has 0 fully saturated rings. The van der Waals surface area contributed by atoms with Crippen LogP contribution in [0, 0.1) is 11.8 Å². The van der Waals surface area contributed by atoms with Gasteiger partial charge in [-0.25, -0.2) is 19.2 Å². The maximum absolute atomic E-state index is 12.7. The Morgan fingerprint density at radius 1 is 0.463 bits per heavy atom. The lowest BCUT2D eigenvalue weighted by molar-refractivity contribution is 0.188. The molecule has 4 N–H and O–H groups in total. The second-order valence-corrected chi connectivity index (χ2v) is 14.4. The topological polar surface area (TPSA) is 166 Å². The van der Waals surface area contributed by atoms with Gasteiger partial charge in [0, 0.05) is 52.4 Å². The maximum Gasteiger partial charge on any atom is 0.412 e. The highest BCUT2D eigenvalue weighted by Crippen LogP contribution is 2.33. The highest BCUT2D eigenvalue weighted by atomic mass is 16.6. The van der Waals surface area contributed by atoms with Crippen LogP contribution in [0.25, 0.3) is 0 Å². The summed E-state index contributed by atoms with van der Waals surface area (Å²) in [6.45, 7) is 8.30. The molecule has 4 amide bonds. The zero-order valence-corrected chi connectivity index (χ0v) is 33.7. The SMILES string of the molecule is C[C@H](Cc1ccc(OC(=O)NCCN(C)C)c(OC(=O)NCCN(C)C)c1)[C@@H](C)Cc1ccc(OC(=O)NCCN(C)C)c(OC(=O)NCCN(C)C)c1. The molecule has 16 nitrogen and oxygen atoms in total. The molecule has 2 rings (SSSR count). The first-order valence-corrected chi connectivity index (χ1v) is 18.2. The Morgan fingerprint density at radius 2 is 0.722 bits per heavy atom. The van der Waals surface area contributed by atoms with Gasteiger partial charge in [-0.1, -0.05) is 26.0 Å². The summed E-state index contributed by atoms with van der Waals surface area (Å²) >= 11 is 0. The van der Waals surface area contributed by atoms with Gasteiger partial charge in [0.2, 0.25) is 0 Å². The van der Waals surface area contributed by atoms with Gasteiger partial charge in [0.25, 0.3) is 0 Å². The molecule has 0 heterocycles. The van der Waals surface area contributed by atoms with Crippen molar-refractivity contribution in [3.05, 3.63) is 47.5 Å². The average Bonchev–Trinajstić information content (AvgIpc) is 3.06. The number of carbonyl (C=O) groups excluding carboxylic acids is 4. The molecule has 302 valence electrons. The average molecular weight is 759 g/mol.